The summed E-state index contributed by atoms with van der Waals surface area (Å²) in [5.41, 5.74) is 5.50. The smallest absolute Gasteiger partial charge is 0.225 e. The van der Waals surface area contributed by atoms with Crippen LogP contribution < -0.4 is 5.73 Å². The maximum atomic E-state index is 11.7. The van der Waals surface area contributed by atoms with E-state index < -0.39 is 0 Å². The van der Waals surface area contributed by atoms with E-state index >= 15 is 0 Å². The van der Waals surface area contributed by atoms with E-state index in [9.17, 15) is 4.79 Å². The Labute approximate surface area is 80.3 Å². The van der Waals surface area contributed by atoms with Gasteiger partial charge < -0.3 is 10.6 Å². The molecule has 0 atom stereocenters. The predicted molar refractivity (Wildman–Crippen MR) is 53.2 cm³/mol. The fraction of sp³-hybridized carbons (Fsp3) is 0.900. The first kappa shape index (κ1) is 10.5. The second-order valence-electron chi connectivity index (χ2n) is 3.86. The molecule has 0 bridgehead atoms. The van der Waals surface area contributed by atoms with Crippen molar-refractivity contribution in [2.24, 2.45) is 17.6 Å². The Hall–Kier alpha value is -0.570. The molecule has 0 saturated carbocycles. The molecule has 0 aromatic heterocycles. The fourth-order valence-corrected chi connectivity index (χ4v) is 1.80. The summed E-state index contributed by atoms with van der Waals surface area (Å²) in [6, 6.07) is 0. The highest BCUT2D eigenvalue weighted by molar-refractivity contribution is 5.79. The molecule has 1 aliphatic rings. The number of hydrogen-bond acceptors (Lipinski definition) is 2. The Morgan fingerprint density at radius 1 is 1.46 bits per heavy atom. The maximum absolute atomic E-state index is 11.7. The number of carbonyl (C=O) groups is 1. The van der Waals surface area contributed by atoms with Gasteiger partial charge in [0.15, 0.2) is 0 Å². The third-order valence-corrected chi connectivity index (χ3v) is 2.94. The van der Waals surface area contributed by atoms with Gasteiger partial charge in [0.05, 0.1) is 0 Å². The van der Waals surface area contributed by atoms with E-state index in [0.29, 0.717) is 18.4 Å². The van der Waals surface area contributed by atoms with Crippen molar-refractivity contribution >= 4 is 5.91 Å². The van der Waals surface area contributed by atoms with Crippen molar-refractivity contribution in [1.29, 1.82) is 0 Å². The molecule has 1 saturated heterocycles. The molecule has 2 N–H and O–H groups in total. The van der Waals surface area contributed by atoms with Crippen molar-refractivity contribution in [2.75, 3.05) is 19.6 Å². The van der Waals surface area contributed by atoms with E-state index in [1.54, 1.807) is 0 Å². The lowest BCUT2D eigenvalue weighted by atomic mass is 9.95. The van der Waals surface area contributed by atoms with Crippen LogP contribution in [0, 0.1) is 11.8 Å². The Balaban J connectivity index is 2.33. The van der Waals surface area contributed by atoms with Gasteiger partial charge in [-0.2, -0.15) is 0 Å². The summed E-state index contributed by atoms with van der Waals surface area (Å²) in [5.74, 6) is 1.12. The minimum Gasteiger partial charge on any atom is -0.342 e. The summed E-state index contributed by atoms with van der Waals surface area (Å²) in [4.78, 5) is 13.7. The van der Waals surface area contributed by atoms with Gasteiger partial charge in [0.2, 0.25) is 5.91 Å². The van der Waals surface area contributed by atoms with Crippen LogP contribution in [0.15, 0.2) is 0 Å². The van der Waals surface area contributed by atoms with Crippen LogP contribution in [-0.4, -0.2) is 30.4 Å². The molecule has 0 aliphatic carbocycles. The molecule has 1 amide bonds. The molecule has 3 nitrogen and oxygen atoms in total. The summed E-state index contributed by atoms with van der Waals surface area (Å²) >= 11 is 0. The van der Waals surface area contributed by atoms with Gasteiger partial charge in [-0.3, -0.25) is 4.79 Å². The number of amides is 1. The molecule has 1 rings (SSSR count). The number of nitrogens with zero attached hydrogens (tertiary/aromatic N) is 1. The van der Waals surface area contributed by atoms with Crippen molar-refractivity contribution in [3.63, 3.8) is 0 Å². The molecule has 0 unspecified atom stereocenters. The Morgan fingerprint density at radius 3 is 2.38 bits per heavy atom. The number of hydrogen-bond donors (Lipinski definition) is 1. The van der Waals surface area contributed by atoms with Crippen LogP contribution >= 0.6 is 0 Å². The minimum atomic E-state index is 0.235. The van der Waals surface area contributed by atoms with Gasteiger partial charge in [-0.05, 0) is 19.4 Å². The van der Waals surface area contributed by atoms with Gasteiger partial charge in [-0.25, -0.2) is 0 Å². The largest absolute Gasteiger partial charge is 0.342 e. The lowest BCUT2D eigenvalue weighted by Crippen LogP contribution is -2.54. The zero-order chi connectivity index (χ0) is 9.84. The summed E-state index contributed by atoms with van der Waals surface area (Å²) in [6.07, 6.45) is 1.91. The van der Waals surface area contributed by atoms with E-state index in [1.807, 2.05) is 4.90 Å². The van der Waals surface area contributed by atoms with Gasteiger partial charge in [0.25, 0.3) is 0 Å². The zero-order valence-electron chi connectivity index (χ0n) is 8.62. The van der Waals surface area contributed by atoms with E-state index in [2.05, 4.69) is 13.8 Å². The zero-order valence-corrected chi connectivity index (χ0v) is 8.62. The van der Waals surface area contributed by atoms with Crippen LogP contribution in [0.2, 0.25) is 0 Å². The van der Waals surface area contributed by atoms with Crippen LogP contribution in [0.4, 0.5) is 0 Å². The Bertz CT molecular complexity index is 172. The molecular formula is C10H20N2O. The molecule has 0 spiro atoms. The lowest BCUT2D eigenvalue weighted by Gasteiger charge is -2.40. The van der Waals surface area contributed by atoms with Crippen LogP contribution in [0.1, 0.15) is 26.7 Å². The van der Waals surface area contributed by atoms with Crippen LogP contribution in [-0.2, 0) is 4.79 Å². The molecule has 3 heteroatoms. The molecule has 13 heavy (non-hydrogen) atoms. The summed E-state index contributed by atoms with van der Waals surface area (Å²) in [5, 5.41) is 0. The predicted octanol–water partition coefficient (Wildman–Crippen LogP) is 0.840. The van der Waals surface area contributed by atoms with Gasteiger partial charge in [-0.1, -0.05) is 13.8 Å². The molecule has 1 fully saturated rings. The summed E-state index contributed by atoms with van der Waals surface area (Å²) in [6.45, 7) is 6.63. The molecular weight excluding hydrogens is 164 g/mol. The van der Waals surface area contributed by atoms with Crippen LogP contribution in [0.25, 0.3) is 0 Å². The average molecular weight is 184 g/mol. The highest BCUT2D eigenvalue weighted by Crippen LogP contribution is 2.20. The van der Waals surface area contributed by atoms with Gasteiger partial charge in [-0.15, -0.1) is 0 Å². The van der Waals surface area contributed by atoms with Crippen LogP contribution in [0.3, 0.4) is 0 Å². The number of carbonyl (C=O) groups excluding carboxylic acids is 1. The third kappa shape index (κ3) is 2.21. The Morgan fingerprint density at radius 2 is 2.00 bits per heavy atom. The van der Waals surface area contributed by atoms with E-state index in [-0.39, 0.29) is 5.92 Å². The number of rotatable bonds is 4. The van der Waals surface area contributed by atoms with Gasteiger partial charge in [0.1, 0.15) is 0 Å². The third-order valence-electron chi connectivity index (χ3n) is 2.94. The second kappa shape index (κ2) is 4.61. The molecule has 0 aromatic rings. The quantitative estimate of drug-likeness (QED) is 0.703. The van der Waals surface area contributed by atoms with Crippen molar-refractivity contribution in [1.82, 2.24) is 4.90 Å². The lowest BCUT2D eigenvalue weighted by molar-refractivity contribution is -0.141. The van der Waals surface area contributed by atoms with E-state index in [1.165, 1.54) is 0 Å². The standard InChI is InChI=1S/C10H20N2O/c1-3-9(4-2)10(13)12-6-8(5-11)7-12/h8-9H,3-7,11H2,1-2H3. The monoisotopic (exact) mass is 184 g/mol. The topological polar surface area (TPSA) is 46.3 Å². The first-order chi connectivity index (χ1) is 6.22. The Kier molecular flexibility index (Phi) is 3.72. The highest BCUT2D eigenvalue weighted by Gasteiger charge is 2.31. The number of nitrogens with two attached hydrogens (primary N) is 1. The van der Waals surface area contributed by atoms with E-state index in [4.69, 9.17) is 5.73 Å². The molecule has 1 heterocycles. The molecule has 1 aliphatic heterocycles. The normalized spacial score (nSPS) is 17.7. The van der Waals surface area contributed by atoms with Gasteiger partial charge in [0, 0.05) is 24.9 Å². The second-order valence-corrected chi connectivity index (χ2v) is 3.86. The molecule has 0 aromatic carbocycles. The van der Waals surface area contributed by atoms with Crippen molar-refractivity contribution in [3.8, 4) is 0 Å². The van der Waals surface area contributed by atoms with Crippen molar-refractivity contribution < 1.29 is 4.79 Å². The van der Waals surface area contributed by atoms with Crippen molar-refractivity contribution in [2.45, 2.75) is 26.7 Å². The SMILES string of the molecule is CCC(CC)C(=O)N1CC(CN)C1. The number of likely N-dealkylation sites (tertiary alicyclic amines) is 1. The van der Waals surface area contributed by atoms with Crippen molar-refractivity contribution in [3.05, 3.63) is 0 Å². The average Bonchev–Trinajstić information content (AvgIpc) is 2.04. The van der Waals surface area contributed by atoms with E-state index in [0.717, 1.165) is 25.9 Å². The first-order valence-corrected chi connectivity index (χ1v) is 5.21. The summed E-state index contributed by atoms with van der Waals surface area (Å²) < 4.78 is 0. The molecule has 0 radical (unpaired) electrons. The first-order valence-electron chi connectivity index (χ1n) is 5.21. The maximum Gasteiger partial charge on any atom is 0.225 e. The summed E-state index contributed by atoms with van der Waals surface area (Å²) in [7, 11) is 0. The fourth-order valence-electron chi connectivity index (χ4n) is 1.80. The molecule has 76 valence electrons. The van der Waals surface area contributed by atoms with Gasteiger partial charge >= 0.3 is 0 Å². The minimum absolute atomic E-state index is 0.235. The van der Waals surface area contributed by atoms with Crippen LogP contribution in [0.5, 0.6) is 0 Å². The highest BCUT2D eigenvalue weighted by atomic mass is 16.2.